The van der Waals surface area contributed by atoms with Crippen molar-refractivity contribution in [2.45, 2.75) is 0 Å². The van der Waals surface area contributed by atoms with E-state index in [9.17, 15) is 4.79 Å². The Bertz CT molecular complexity index is 153. The van der Waals surface area contributed by atoms with Gasteiger partial charge in [0.1, 0.15) is 0 Å². The van der Waals surface area contributed by atoms with Crippen molar-refractivity contribution < 1.29 is 9.53 Å². The van der Waals surface area contributed by atoms with Crippen molar-refractivity contribution in [1.29, 1.82) is 0 Å². The van der Waals surface area contributed by atoms with Gasteiger partial charge in [0.05, 0.1) is 6.61 Å². The van der Waals surface area contributed by atoms with Crippen LogP contribution >= 0.6 is 22.6 Å². The first-order valence-corrected chi connectivity index (χ1v) is 4.20. The van der Waals surface area contributed by atoms with E-state index in [1.54, 1.807) is 0 Å². The van der Waals surface area contributed by atoms with Crippen LogP contribution in [0.1, 0.15) is 0 Å². The SMILES string of the molecule is C=C1C(=O)OCC1CI. The monoisotopic (exact) mass is 238 g/mol. The van der Waals surface area contributed by atoms with E-state index in [0.29, 0.717) is 12.2 Å². The Morgan fingerprint density at radius 1 is 1.89 bits per heavy atom. The van der Waals surface area contributed by atoms with Crippen molar-refractivity contribution in [3.63, 3.8) is 0 Å². The minimum Gasteiger partial charge on any atom is -0.462 e. The van der Waals surface area contributed by atoms with Gasteiger partial charge in [0.15, 0.2) is 0 Å². The minimum atomic E-state index is -0.225. The highest BCUT2D eigenvalue weighted by molar-refractivity contribution is 14.1. The predicted molar refractivity (Wildman–Crippen MR) is 42.5 cm³/mol. The van der Waals surface area contributed by atoms with E-state index in [-0.39, 0.29) is 11.9 Å². The summed E-state index contributed by atoms with van der Waals surface area (Å²) in [7, 11) is 0. The second-order valence-corrected chi connectivity index (χ2v) is 2.86. The molecule has 0 radical (unpaired) electrons. The number of alkyl halides is 1. The van der Waals surface area contributed by atoms with Crippen LogP contribution in [0, 0.1) is 5.92 Å². The molecule has 1 fully saturated rings. The maximum Gasteiger partial charge on any atom is 0.333 e. The molecule has 0 aliphatic carbocycles. The Balaban J connectivity index is 2.62. The normalized spacial score (nSPS) is 26.6. The molecule has 0 aromatic heterocycles. The van der Waals surface area contributed by atoms with Crippen molar-refractivity contribution in [2.75, 3.05) is 11.0 Å². The summed E-state index contributed by atoms with van der Waals surface area (Å²) in [4.78, 5) is 10.6. The zero-order valence-corrected chi connectivity index (χ0v) is 7.05. The average Bonchev–Trinajstić information content (AvgIpc) is 2.15. The molecule has 1 aliphatic heterocycles. The van der Waals surface area contributed by atoms with Crippen molar-refractivity contribution in [3.05, 3.63) is 12.2 Å². The van der Waals surface area contributed by atoms with Crippen molar-refractivity contribution >= 4 is 28.6 Å². The third-order valence-electron chi connectivity index (χ3n) is 1.36. The van der Waals surface area contributed by atoms with Gasteiger partial charge in [-0.05, 0) is 0 Å². The van der Waals surface area contributed by atoms with Gasteiger partial charge in [-0.3, -0.25) is 0 Å². The Morgan fingerprint density at radius 2 is 2.56 bits per heavy atom. The Morgan fingerprint density at radius 3 is 2.78 bits per heavy atom. The summed E-state index contributed by atoms with van der Waals surface area (Å²) in [5, 5.41) is 0. The number of rotatable bonds is 1. The van der Waals surface area contributed by atoms with Crippen molar-refractivity contribution in [1.82, 2.24) is 0 Å². The van der Waals surface area contributed by atoms with Gasteiger partial charge < -0.3 is 4.74 Å². The summed E-state index contributed by atoms with van der Waals surface area (Å²) in [5.74, 6) is 0.0368. The number of hydrogen-bond acceptors (Lipinski definition) is 2. The lowest BCUT2D eigenvalue weighted by Crippen LogP contribution is -2.02. The number of halogens is 1. The number of cyclic esters (lactones) is 1. The molecular weight excluding hydrogens is 231 g/mol. The molecule has 2 nitrogen and oxygen atoms in total. The van der Waals surface area contributed by atoms with Crippen LogP contribution in [0.2, 0.25) is 0 Å². The van der Waals surface area contributed by atoms with E-state index in [1.807, 2.05) is 0 Å². The number of carbonyl (C=O) groups excluding carboxylic acids is 1. The quantitative estimate of drug-likeness (QED) is 0.296. The summed E-state index contributed by atoms with van der Waals surface area (Å²) >= 11 is 2.22. The van der Waals surface area contributed by atoms with E-state index in [0.717, 1.165) is 4.43 Å². The maximum absolute atomic E-state index is 10.6. The third-order valence-corrected chi connectivity index (χ3v) is 2.42. The van der Waals surface area contributed by atoms with Crippen molar-refractivity contribution in [2.24, 2.45) is 5.92 Å². The summed E-state index contributed by atoms with van der Waals surface area (Å²) < 4.78 is 5.64. The molecule has 1 heterocycles. The van der Waals surface area contributed by atoms with Crippen LogP contribution in [-0.4, -0.2) is 17.0 Å². The summed E-state index contributed by atoms with van der Waals surface area (Å²) in [6.07, 6.45) is 0. The lowest BCUT2D eigenvalue weighted by Gasteiger charge is -1.97. The van der Waals surface area contributed by atoms with Crippen molar-refractivity contribution in [3.8, 4) is 0 Å². The fourth-order valence-corrected chi connectivity index (χ4v) is 1.46. The van der Waals surface area contributed by atoms with E-state index in [4.69, 9.17) is 4.74 Å². The van der Waals surface area contributed by atoms with Gasteiger partial charge in [-0.15, -0.1) is 0 Å². The molecule has 0 N–H and O–H groups in total. The zero-order chi connectivity index (χ0) is 6.85. The second kappa shape index (κ2) is 2.68. The standard InChI is InChI=1S/C6H7IO2/c1-4-5(2-7)3-9-6(4)8/h5H,1-3H2. The molecule has 1 rings (SSSR count). The fourth-order valence-electron chi connectivity index (χ4n) is 0.674. The smallest absolute Gasteiger partial charge is 0.333 e. The lowest BCUT2D eigenvalue weighted by molar-refractivity contribution is -0.135. The molecule has 0 saturated carbocycles. The van der Waals surface area contributed by atoms with Gasteiger partial charge in [0.25, 0.3) is 0 Å². The fraction of sp³-hybridized carbons (Fsp3) is 0.500. The molecule has 0 amide bonds. The van der Waals surface area contributed by atoms with Crippen LogP contribution in [-0.2, 0) is 9.53 Å². The average molecular weight is 238 g/mol. The minimum absolute atomic E-state index is 0.225. The van der Waals surface area contributed by atoms with E-state index >= 15 is 0 Å². The Kier molecular flexibility index (Phi) is 2.10. The molecule has 50 valence electrons. The number of ether oxygens (including phenoxy) is 1. The van der Waals surface area contributed by atoms with Gasteiger partial charge >= 0.3 is 5.97 Å². The predicted octanol–water partition coefficient (Wildman–Crippen LogP) is 1.15. The molecule has 0 bridgehead atoms. The molecule has 0 spiro atoms. The first kappa shape index (κ1) is 7.05. The first-order valence-electron chi connectivity index (χ1n) is 2.67. The highest BCUT2D eigenvalue weighted by Gasteiger charge is 2.27. The second-order valence-electron chi connectivity index (χ2n) is 1.97. The molecule has 0 aromatic rings. The summed E-state index contributed by atoms with van der Waals surface area (Å²) in [5.41, 5.74) is 0.629. The highest BCUT2D eigenvalue weighted by atomic mass is 127. The van der Waals surface area contributed by atoms with Crippen LogP contribution in [0.15, 0.2) is 12.2 Å². The topological polar surface area (TPSA) is 26.3 Å². The molecular formula is C6H7IO2. The van der Waals surface area contributed by atoms with Gasteiger partial charge in [0, 0.05) is 15.9 Å². The van der Waals surface area contributed by atoms with Crippen LogP contribution in [0.3, 0.4) is 0 Å². The molecule has 9 heavy (non-hydrogen) atoms. The highest BCUT2D eigenvalue weighted by Crippen LogP contribution is 2.20. The van der Waals surface area contributed by atoms with E-state index in [1.165, 1.54) is 0 Å². The van der Waals surface area contributed by atoms with Crippen LogP contribution in [0.4, 0.5) is 0 Å². The molecule has 1 aliphatic rings. The van der Waals surface area contributed by atoms with Gasteiger partial charge in [-0.2, -0.15) is 0 Å². The van der Waals surface area contributed by atoms with Crippen LogP contribution < -0.4 is 0 Å². The molecule has 1 saturated heterocycles. The van der Waals surface area contributed by atoms with Gasteiger partial charge in [-0.1, -0.05) is 29.2 Å². The van der Waals surface area contributed by atoms with Crippen LogP contribution in [0.25, 0.3) is 0 Å². The first-order chi connectivity index (χ1) is 4.25. The van der Waals surface area contributed by atoms with E-state index in [2.05, 4.69) is 29.2 Å². The number of hydrogen-bond donors (Lipinski definition) is 0. The number of carbonyl (C=O) groups is 1. The number of esters is 1. The Hall–Kier alpha value is -0.0600. The zero-order valence-electron chi connectivity index (χ0n) is 4.89. The Labute approximate surface area is 67.4 Å². The lowest BCUT2D eigenvalue weighted by atomic mass is 10.1. The summed E-state index contributed by atoms with van der Waals surface area (Å²) in [6, 6.07) is 0. The molecule has 1 atom stereocenters. The largest absolute Gasteiger partial charge is 0.462 e. The molecule has 0 aromatic carbocycles. The van der Waals surface area contributed by atoms with E-state index < -0.39 is 0 Å². The summed E-state index contributed by atoms with van der Waals surface area (Å²) in [6.45, 7) is 4.14. The van der Waals surface area contributed by atoms with Crippen LogP contribution in [0.5, 0.6) is 0 Å². The van der Waals surface area contributed by atoms with Gasteiger partial charge in [-0.25, -0.2) is 4.79 Å². The molecule has 1 unspecified atom stereocenters. The third kappa shape index (κ3) is 1.26. The molecule has 3 heteroatoms. The van der Waals surface area contributed by atoms with Gasteiger partial charge in [0.2, 0.25) is 0 Å². The maximum atomic E-state index is 10.6.